The molecule has 1 aliphatic rings. The van der Waals surface area contributed by atoms with Crippen LogP contribution in [0.4, 0.5) is 8.78 Å². The van der Waals surface area contributed by atoms with Crippen molar-refractivity contribution in [3.63, 3.8) is 0 Å². The molecule has 1 aliphatic carbocycles. The van der Waals surface area contributed by atoms with Gasteiger partial charge in [0.25, 0.3) is 0 Å². The Hall–Kier alpha value is 0.820. The van der Waals surface area contributed by atoms with E-state index in [0.29, 0.717) is 10.7 Å². The summed E-state index contributed by atoms with van der Waals surface area (Å²) < 4.78 is 24.7. The Morgan fingerprint density at radius 2 is 1.50 bits per heavy atom. The van der Waals surface area contributed by atoms with E-state index in [1.807, 2.05) is 0 Å². The highest BCUT2D eigenvalue weighted by Gasteiger charge is 2.54. The Kier molecular flexibility index (Phi) is 2.41. The van der Waals surface area contributed by atoms with Crippen LogP contribution < -0.4 is 0 Å². The van der Waals surface area contributed by atoms with E-state index >= 15 is 0 Å². The maximum Gasteiger partial charge on any atom is 0.249 e. The van der Waals surface area contributed by atoms with E-state index in [0.717, 1.165) is 0 Å². The second-order valence-corrected chi connectivity index (χ2v) is 4.10. The fourth-order valence-electron chi connectivity index (χ4n) is 1.27. The topological polar surface area (TPSA) is 0 Å². The van der Waals surface area contributed by atoms with E-state index in [1.54, 1.807) is 0 Å². The lowest BCUT2D eigenvalue weighted by Gasteiger charge is -2.45. The molecular formula is C6H8Br2F2. The van der Waals surface area contributed by atoms with Crippen molar-refractivity contribution in [3.05, 3.63) is 0 Å². The third kappa shape index (κ3) is 1.52. The molecule has 0 spiro atoms. The Morgan fingerprint density at radius 3 is 1.60 bits per heavy atom. The highest BCUT2D eigenvalue weighted by Crippen LogP contribution is 2.53. The highest BCUT2D eigenvalue weighted by atomic mass is 79.9. The molecule has 1 fully saturated rings. The predicted octanol–water partition coefficient (Wildman–Crippen LogP) is 3.19. The van der Waals surface area contributed by atoms with Crippen LogP contribution in [0.25, 0.3) is 0 Å². The van der Waals surface area contributed by atoms with Crippen LogP contribution in [-0.2, 0) is 0 Å². The van der Waals surface area contributed by atoms with Crippen molar-refractivity contribution in [2.24, 2.45) is 5.41 Å². The quantitative estimate of drug-likeness (QED) is 0.680. The van der Waals surface area contributed by atoms with Gasteiger partial charge in [-0.15, -0.1) is 0 Å². The summed E-state index contributed by atoms with van der Waals surface area (Å²) in [7, 11) is 0. The third-order valence-corrected chi connectivity index (χ3v) is 4.21. The second kappa shape index (κ2) is 2.70. The summed E-state index contributed by atoms with van der Waals surface area (Å²) in [5.74, 6) is -2.40. The molecule has 0 radical (unpaired) electrons. The van der Waals surface area contributed by atoms with Crippen molar-refractivity contribution >= 4 is 31.9 Å². The minimum atomic E-state index is -2.40. The molecule has 0 bridgehead atoms. The molecule has 0 atom stereocenters. The van der Waals surface area contributed by atoms with Gasteiger partial charge in [-0.2, -0.15) is 0 Å². The molecule has 10 heavy (non-hydrogen) atoms. The average molecular weight is 278 g/mol. The van der Waals surface area contributed by atoms with Crippen molar-refractivity contribution in [3.8, 4) is 0 Å². The summed E-state index contributed by atoms with van der Waals surface area (Å²) in [5.41, 5.74) is -0.177. The largest absolute Gasteiger partial charge is 0.249 e. The normalized spacial score (nSPS) is 27.6. The highest BCUT2D eigenvalue weighted by molar-refractivity contribution is 9.09. The lowest BCUT2D eigenvalue weighted by molar-refractivity contribution is -0.141. The zero-order valence-electron chi connectivity index (χ0n) is 5.34. The van der Waals surface area contributed by atoms with Gasteiger partial charge in [-0.1, -0.05) is 31.9 Å². The van der Waals surface area contributed by atoms with Crippen LogP contribution in [0.5, 0.6) is 0 Å². The molecule has 0 unspecified atom stereocenters. The summed E-state index contributed by atoms with van der Waals surface area (Å²) in [6.45, 7) is 0. The molecule has 0 aromatic carbocycles. The summed E-state index contributed by atoms with van der Waals surface area (Å²) in [6, 6.07) is 0. The average Bonchev–Trinajstić information content (AvgIpc) is 1.82. The van der Waals surface area contributed by atoms with Crippen molar-refractivity contribution < 1.29 is 8.78 Å². The van der Waals surface area contributed by atoms with E-state index in [-0.39, 0.29) is 18.3 Å². The summed E-state index contributed by atoms with van der Waals surface area (Å²) in [5, 5.41) is 1.34. The van der Waals surface area contributed by atoms with E-state index in [4.69, 9.17) is 0 Å². The van der Waals surface area contributed by atoms with Gasteiger partial charge in [-0.05, 0) is 0 Å². The van der Waals surface area contributed by atoms with Crippen molar-refractivity contribution in [2.45, 2.75) is 18.8 Å². The number of halogens is 4. The standard InChI is InChI=1S/C6H8Br2F2/c7-3-5(4-8)1-6(9,10)2-5/h1-4H2. The number of hydrogen-bond donors (Lipinski definition) is 0. The van der Waals surface area contributed by atoms with E-state index in [1.165, 1.54) is 0 Å². The van der Waals surface area contributed by atoms with Crippen LogP contribution >= 0.6 is 31.9 Å². The first kappa shape index (κ1) is 8.91. The van der Waals surface area contributed by atoms with Gasteiger partial charge in [-0.3, -0.25) is 0 Å². The fraction of sp³-hybridized carbons (Fsp3) is 1.00. The van der Waals surface area contributed by atoms with Gasteiger partial charge >= 0.3 is 0 Å². The van der Waals surface area contributed by atoms with Crippen LogP contribution in [0.15, 0.2) is 0 Å². The third-order valence-electron chi connectivity index (χ3n) is 1.83. The van der Waals surface area contributed by atoms with Crippen molar-refractivity contribution in [1.29, 1.82) is 0 Å². The molecule has 0 N–H and O–H groups in total. The lowest BCUT2D eigenvalue weighted by atomic mass is 9.69. The van der Waals surface area contributed by atoms with Crippen molar-refractivity contribution in [2.75, 3.05) is 10.7 Å². The Morgan fingerprint density at radius 1 is 1.10 bits per heavy atom. The van der Waals surface area contributed by atoms with Gasteiger partial charge in [0.1, 0.15) is 0 Å². The first-order valence-corrected chi connectivity index (χ1v) is 5.28. The molecule has 0 aliphatic heterocycles. The van der Waals surface area contributed by atoms with E-state index in [2.05, 4.69) is 31.9 Å². The second-order valence-electron chi connectivity index (χ2n) is 2.98. The Balaban J connectivity index is 2.46. The van der Waals surface area contributed by atoms with Crippen LogP contribution in [-0.4, -0.2) is 16.6 Å². The Bertz CT molecular complexity index is 122. The van der Waals surface area contributed by atoms with Gasteiger partial charge in [0.15, 0.2) is 0 Å². The van der Waals surface area contributed by atoms with Gasteiger partial charge in [0.05, 0.1) is 0 Å². The SMILES string of the molecule is FC1(F)CC(CBr)(CBr)C1. The van der Waals surface area contributed by atoms with Gasteiger partial charge in [0.2, 0.25) is 5.92 Å². The van der Waals surface area contributed by atoms with Crippen molar-refractivity contribution in [1.82, 2.24) is 0 Å². The van der Waals surface area contributed by atoms with Gasteiger partial charge in [0, 0.05) is 28.9 Å². The molecule has 1 saturated carbocycles. The molecule has 4 heteroatoms. The maximum atomic E-state index is 12.4. The van der Waals surface area contributed by atoms with E-state index < -0.39 is 5.92 Å². The first-order valence-electron chi connectivity index (χ1n) is 3.03. The summed E-state index contributed by atoms with van der Waals surface area (Å²) >= 11 is 6.46. The molecule has 0 saturated heterocycles. The number of rotatable bonds is 2. The zero-order valence-corrected chi connectivity index (χ0v) is 8.51. The first-order chi connectivity index (χ1) is 4.54. The molecule has 0 aromatic rings. The number of alkyl halides is 4. The minimum Gasteiger partial charge on any atom is -0.207 e. The monoisotopic (exact) mass is 276 g/mol. The van der Waals surface area contributed by atoms with Crippen LogP contribution in [0.1, 0.15) is 12.8 Å². The Labute approximate surface area is 75.6 Å². The molecule has 0 aromatic heterocycles. The minimum absolute atomic E-state index is 0.0243. The van der Waals surface area contributed by atoms with Crippen LogP contribution in [0.2, 0.25) is 0 Å². The van der Waals surface area contributed by atoms with Crippen LogP contribution in [0, 0.1) is 5.41 Å². The molecule has 1 rings (SSSR count). The van der Waals surface area contributed by atoms with Gasteiger partial charge in [-0.25, -0.2) is 8.78 Å². The maximum absolute atomic E-state index is 12.4. The van der Waals surface area contributed by atoms with Gasteiger partial charge < -0.3 is 0 Å². The molecule has 0 nitrogen and oxygen atoms in total. The smallest absolute Gasteiger partial charge is 0.207 e. The molecule has 0 amide bonds. The lowest BCUT2D eigenvalue weighted by Crippen LogP contribution is -2.48. The molecular weight excluding hydrogens is 270 g/mol. The number of hydrogen-bond acceptors (Lipinski definition) is 0. The zero-order chi connectivity index (χ0) is 7.83. The van der Waals surface area contributed by atoms with Crippen LogP contribution in [0.3, 0.4) is 0 Å². The fourth-order valence-corrected chi connectivity index (χ4v) is 2.99. The predicted molar refractivity (Wildman–Crippen MR) is 44.2 cm³/mol. The summed E-state index contributed by atoms with van der Waals surface area (Å²) in [6.07, 6.45) is 0.0486. The molecule has 0 heterocycles. The summed E-state index contributed by atoms with van der Waals surface area (Å²) in [4.78, 5) is 0. The van der Waals surface area contributed by atoms with E-state index in [9.17, 15) is 8.78 Å². The molecule has 60 valence electrons.